The molecule has 0 radical (unpaired) electrons. The fraction of sp³-hybridized carbons (Fsp3) is 1.00. The van der Waals surface area contributed by atoms with Crippen LogP contribution in [0.5, 0.6) is 0 Å². The van der Waals surface area contributed by atoms with Crippen LogP contribution in [0.4, 0.5) is 0 Å². The van der Waals surface area contributed by atoms with Crippen molar-refractivity contribution < 1.29 is 8.42 Å². The van der Waals surface area contributed by atoms with Gasteiger partial charge in [0.15, 0.2) is 0 Å². The summed E-state index contributed by atoms with van der Waals surface area (Å²) in [4.78, 5) is 0. The molecule has 0 saturated carbocycles. The molecule has 0 bridgehead atoms. The van der Waals surface area contributed by atoms with Gasteiger partial charge in [-0.05, 0) is 24.7 Å². The first-order valence-electron chi connectivity index (χ1n) is 5.22. The van der Waals surface area contributed by atoms with E-state index < -0.39 is 10.0 Å². The maximum atomic E-state index is 11.4. The summed E-state index contributed by atoms with van der Waals surface area (Å²) in [6.45, 7) is 9.76. The largest absolute Gasteiger partial charge is 0.213 e. The molecule has 0 unspecified atom stereocenters. The Morgan fingerprint density at radius 2 is 1.79 bits per heavy atom. The van der Waals surface area contributed by atoms with Gasteiger partial charge >= 0.3 is 0 Å². The van der Waals surface area contributed by atoms with E-state index in [1.165, 1.54) is 0 Å². The molecule has 1 rings (SSSR count). The highest BCUT2D eigenvalue weighted by Gasteiger charge is 2.36. The highest BCUT2D eigenvalue weighted by atomic mass is 32.2. The average molecular weight is 219 g/mol. The third-order valence-electron chi connectivity index (χ3n) is 2.58. The summed E-state index contributed by atoms with van der Waals surface area (Å²) in [6, 6.07) is 0. The van der Waals surface area contributed by atoms with E-state index in [4.69, 9.17) is 0 Å². The van der Waals surface area contributed by atoms with Gasteiger partial charge in [0.05, 0.1) is 5.75 Å². The number of rotatable bonds is 3. The smallest absolute Gasteiger partial charge is 0.212 e. The quantitative estimate of drug-likeness (QED) is 0.724. The Morgan fingerprint density at radius 1 is 1.29 bits per heavy atom. The van der Waals surface area contributed by atoms with E-state index in [-0.39, 0.29) is 5.75 Å². The van der Waals surface area contributed by atoms with Crippen molar-refractivity contribution in [1.82, 2.24) is 4.31 Å². The highest BCUT2D eigenvalue weighted by molar-refractivity contribution is 7.89. The van der Waals surface area contributed by atoms with Gasteiger partial charge in [-0.3, -0.25) is 0 Å². The predicted molar refractivity (Wildman–Crippen MR) is 58.6 cm³/mol. The van der Waals surface area contributed by atoms with E-state index in [2.05, 4.69) is 20.8 Å². The summed E-state index contributed by atoms with van der Waals surface area (Å²) in [6.07, 6.45) is 1.11. The molecule has 1 aliphatic heterocycles. The minimum atomic E-state index is -2.92. The van der Waals surface area contributed by atoms with Crippen molar-refractivity contribution in [3.8, 4) is 0 Å². The lowest BCUT2D eigenvalue weighted by atomic mass is 9.82. The van der Waals surface area contributed by atoms with Gasteiger partial charge < -0.3 is 0 Å². The van der Waals surface area contributed by atoms with Crippen LogP contribution in [0.2, 0.25) is 0 Å². The lowest BCUT2D eigenvalue weighted by Gasteiger charge is -2.40. The van der Waals surface area contributed by atoms with Crippen molar-refractivity contribution in [2.45, 2.75) is 34.1 Å². The molecule has 1 fully saturated rings. The summed E-state index contributed by atoms with van der Waals surface area (Å²) in [7, 11) is -2.92. The van der Waals surface area contributed by atoms with E-state index in [1.54, 1.807) is 11.2 Å². The topological polar surface area (TPSA) is 37.4 Å². The van der Waals surface area contributed by atoms with Crippen LogP contribution in [0.25, 0.3) is 0 Å². The molecule has 0 aromatic heterocycles. The molecule has 4 heteroatoms. The molecule has 0 atom stereocenters. The van der Waals surface area contributed by atoms with E-state index in [9.17, 15) is 8.42 Å². The fourth-order valence-electron chi connectivity index (χ4n) is 1.93. The van der Waals surface area contributed by atoms with Crippen LogP contribution >= 0.6 is 0 Å². The van der Waals surface area contributed by atoms with Crippen LogP contribution in [-0.4, -0.2) is 31.6 Å². The highest BCUT2D eigenvalue weighted by Crippen LogP contribution is 2.31. The Hall–Kier alpha value is -0.0900. The maximum absolute atomic E-state index is 11.4. The van der Waals surface area contributed by atoms with Crippen LogP contribution in [0.1, 0.15) is 34.1 Å². The molecular weight excluding hydrogens is 198 g/mol. The zero-order valence-electron chi connectivity index (χ0n) is 9.58. The van der Waals surface area contributed by atoms with E-state index in [0.29, 0.717) is 11.3 Å². The summed E-state index contributed by atoms with van der Waals surface area (Å²) < 4.78 is 24.4. The Morgan fingerprint density at radius 3 is 2.14 bits per heavy atom. The zero-order chi connectivity index (χ0) is 11.0. The van der Waals surface area contributed by atoms with Crippen LogP contribution in [-0.2, 0) is 10.0 Å². The predicted octanol–water partition coefficient (Wildman–Crippen LogP) is 1.70. The Balaban J connectivity index is 2.38. The number of nitrogens with zero attached hydrogens (tertiary/aromatic N) is 1. The van der Waals surface area contributed by atoms with Gasteiger partial charge in [0.2, 0.25) is 10.0 Å². The molecule has 1 aliphatic rings. The Kier molecular flexibility index (Phi) is 3.26. The number of hydrogen-bond acceptors (Lipinski definition) is 2. The van der Waals surface area contributed by atoms with Crippen molar-refractivity contribution in [2.75, 3.05) is 18.8 Å². The van der Waals surface area contributed by atoms with Crippen molar-refractivity contribution in [2.24, 2.45) is 11.3 Å². The fourth-order valence-corrected chi connectivity index (χ4v) is 3.17. The van der Waals surface area contributed by atoms with E-state index >= 15 is 0 Å². The van der Waals surface area contributed by atoms with Gasteiger partial charge in [-0.15, -0.1) is 0 Å². The molecule has 0 aromatic carbocycles. The van der Waals surface area contributed by atoms with Crippen molar-refractivity contribution in [3.63, 3.8) is 0 Å². The molecule has 1 saturated heterocycles. The first kappa shape index (κ1) is 12.0. The second kappa shape index (κ2) is 3.81. The first-order valence-corrected chi connectivity index (χ1v) is 6.83. The van der Waals surface area contributed by atoms with Gasteiger partial charge in [0.1, 0.15) is 0 Å². The second-order valence-electron chi connectivity index (χ2n) is 5.35. The molecule has 84 valence electrons. The third kappa shape index (κ3) is 2.95. The molecule has 0 amide bonds. The molecule has 0 aliphatic carbocycles. The summed E-state index contributed by atoms with van der Waals surface area (Å²) >= 11 is 0. The molecule has 0 aromatic rings. The second-order valence-corrected chi connectivity index (χ2v) is 7.61. The third-order valence-corrected chi connectivity index (χ3v) is 4.40. The van der Waals surface area contributed by atoms with E-state index in [1.807, 2.05) is 0 Å². The monoisotopic (exact) mass is 219 g/mol. The molecule has 14 heavy (non-hydrogen) atoms. The van der Waals surface area contributed by atoms with Gasteiger partial charge in [-0.25, -0.2) is 12.7 Å². The molecule has 0 spiro atoms. The SMILES string of the molecule is CCS(=O)(=O)N1CC(CC(C)(C)C)C1. The summed E-state index contributed by atoms with van der Waals surface area (Å²) in [5.41, 5.74) is 0.312. The van der Waals surface area contributed by atoms with Gasteiger partial charge in [0, 0.05) is 13.1 Å². The molecule has 1 heterocycles. The lowest BCUT2D eigenvalue weighted by Crippen LogP contribution is -2.51. The van der Waals surface area contributed by atoms with Crippen molar-refractivity contribution in [1.29, 1.82) is 0 Å². The summed E-state index contributed by atoms with van der Waals surface area (Å²) in [5.74, 6) is 0.797. The first-order chi connectivity index (χ1) is 6.24. The molecule has 3 nitrogen and oxygen atoms in total. The Bertz CT molecular complexity index is 284. The lowest BCUT2D eigenvalue weighted by molar-refractivity contribution is 0.145. The van der Waals surface area contributed by atoms with Gasteiger partial charge in [-0.2, -0.15) is 0 Å². The van der Waals surface area contributed by atoms with Crippen molar-refractivity contribution in [3.05, 3.63) is 0 Å². The van der Waals surface area contributed by atoms with Crippen LogP contribution in [0.15, 0.2) is 0 Å². The Labute approximate surface area is 87.5 Å². The van der Waals surface area contributed by atoms with Crippen LogP contribution in [0.3, 0.4) is 0 Å². The maximum Gasteiger partial charge on any atom is 0.213 e. The van der Waals surface area contributed by atoms with Gasteiger partial charge in [-0.1, -0.05) is 20.8 Å². The zero-order valence-corrected chi connectivity index (χ0v) is 10.4. The normalized spacial score (nSPS) is 20.9. The van der Waals surface area contributed by atoms with Gasteiger partial charge in [0.25, 0.3) is 0 Å². The summed E-state index contributed by atoms with van der Waals surface area (Å²) in [5, 5.41) is 0. The minimum Gasteiger partial charge on any atom is -0.212 e. The van der Waals surface area contributed by atoms with Crippen molar-refractivity contribution >= 4 is 10.0 Å². The van der Waals surface area contributed by atoms with Crippen LogP contribution < -0.4 is 0 Å². The number of sulfonamides is 1. The van der Waals surface area contributed by atoms with Crippen LogP contribution in [0, 0.1) is 11.3 Å². The molecular formula is C10H21NO2S. The number of hydrogen-bond donors (Lipinski definition) is 0. The average Bonchev–Trinajstić information content (AvgIpc) is 1.94. The van der Waals surface area contributed by atoms with E-state index in [0.717, 1.165) is 19.5 Å². The minimum absolute atomic E-state index is 0.231. The molecule has 0 N–H and O–H groups in total. The standard InChI is InChI=1S/C10H21NO2S/c1-5-14(12,13)11-7-9(8-11)6-10(2,3)4/h9H,5-8H2,1-4H3.